The predicted molar refractivity (Wildman–Crippen MR) is 69.7 cm³/mol. The van der Waals surface area contributed by atoms with Crippen molar-refractivity contribution in [2.75, 3.05) is 6.54 Å². The average Bonchev–Trinajstić information content (AvgIpc) is 2.75. The van der Waals surface area contributed by atoms with Crippen LogP contribution in [0.1, 0.15) is 17.5 Å². The van der Waals surface area contributed by atoms with Crippen LogP contribution in [-0.4, -0.2) is 11.5 Å². The van der Waals surface area contributed by atoms with E-state index >= 15 is 0 Å². The van der Waals surface area contributed by atoms with Crippen LogP contribution in [0.3, 0.4) is 0 Å². The quantitative estimate of drug-likeness (QED) is 0.875. The molecule has 1 aromatic heterocycles. The number of thiazole rings is 1. The Balaban J connectivity index is 2.22. The van der Waals surface area contributed by atoms with Crippen molar-refractivity contribution in [1.29, 1.82) is 0 Å². The van der Waals surface area contributed by atoms with Crippen LogP contribution < -0.4 is 5.32 Å². The minimum atomic E-state index is 0.868. The lowest BCUT2D eigenvalue weighted by molar-refractivity contribution is 0.723. The standard InChI is InChI=1S/C13H16N2S/c1-3-14-8-13-15-12(9-16-13)11-7-5-4-6-10(11)2/h4-7,9,14H,3,8H2,1-2H3. The van der Waals surface area contributed by atoms with Crippen LogP contribution in [-0.2, 0) is 6.54 Å². The molecule has 3 heteroatoms. The van der Waals surface area contributed by atoms with Gasteiger partial charge in [0.2, 0.25) is 0 Å². The van der Waals surface area contributed by atoms with Crippen LogP contribution in [0.25, 0.3) is 11.3 Å². The van der Waals surface area contributed by atoms with E-state index < -0.39 is 0 Å². The van der Waals surface area contributed by atoms with E-state index in [2.05, 4.69) is 53.8 Å². The zero-order chi connectivity index (χ0) is 11.4. The van der Waals surface area contributed by atoms with Crippen LogP contribution in [0.15, 0.2) is 29.6 Å². The van der Waals surface area contributed by atoms with Crippen molar-refractivity contribution in [3.8, 4) is 11.3 Å². The summed E-state index contributed by atoms with van der Waals surface area (Å²) >= 11 is 1.72. The zero-order valence-corrected chi connectivity index (χ0v) is 10.5. The number of hydrogen-bond donors (Lipinski definition) is 1. The molecule has 0 saturated heterocycles. The number of aryl methyl sites for hydroxylation is 1. The van der Waals surface area contributed by atoms with Crippen LogP contribution in [0.2, 0.25) is 0 Å². The molecule has 84 valence electrons. The lowest BCUT2D eigenvalue weighted by atomic mass is 10.1. The molecular weight excluding hydrogens is 216 g/mol. The maximum atomic E-state index is 4.63. The molecule has 0 atom stereocenters. The highest BCUT2D eigenvalue weighted by Crippen LogP contribution is 2.24. The van der Waals surface area contributed by atoms with Gasteiger partial charge in [0.05, 0.1) is 5.69 Å². The van der Waals surface area contributed by atoms with E-state index in [0.29, 0.717) is 0 Å². The maximum absolute atomic E-state index is 4.63. The van der Waals surface area contributed by atoms with E-state index in [1.54, 1.807) is 11.3 Å². The minimum Gasteiger partial charge on any atom is -0.311 e. The molecule has 2 rings (SSSR count). The lowest BCUT2D eigenvalue weighted by Crippen LogP contribution is -2.11. The summed E-state index contributed by atoms with van der Waals surface area (Å²) in [7, 11) is 0. The summed E-state index contributed by atoms with van der Waals surface area (Å²) in [6, 6.07) is 8.37. The summed E-state index contributed by atoms with van der Waals surface area (Å²) in [6.07, 6.45) is 0. The molecule has 1 aromatic carbocycles. The Morgan fingerprint density at radius 3 is 2.88 bits per heavy atom. The number of hydrogen-bond acceptors (Lipinski definition) is 3. The number of aromatic nitrogens is 1. The van der Waals surface area contributed by atoms with Gasteiger partial charge in [0.1, 0.15) is 5.01 Å². The van der Waals surface area contributed by atoms with Crippen molar-refractivity contribution in [2.24, 2.45) is 0 Å². The molecule has 0 saturated carbocycles. The lowest BCUT2D eigenvalue weighted by Gasteiger charge is -2.01. The summed E-state index contributed by atoms with van der Waals surface area (Å²) in [5, 5.41) is 6.58. The van der Waals surface area contributed by atoms with Crippen molar-refractivity contribution in [2.45, 2.75) is 20.4 Å². The molecule has 0 aliphatic rings. The Morgan fingerprint density at radius 1 is 1.31 bits per heavy atom. The van der Waals surface area contributed by atoms with Gasteiger partial charge < -0.3 is 5.32 Å². The van der Waals surface area contributed by atoms with Gasteiger partial charge >= 0.3 is 0 Å². The fourth-order valence-corrected chi connectivity index (χ4v) is 2.37. The molecule has 0 fully saturated rings. The van der Waals surface area contributed by atoms with E-state index in [9.17, 15) is 0 Å². The third-order valence-corrected chi connectivity index (χ3v) is 3.35. The van der Waals surface area contributed by atoms with Crippen molar-refractivity contribution in [1.82, 2.24) is 10.3 Å². The van der Waals surface area contributed by atoms with Gasteiger partial charge in [-0.05, 0) is 19.0 Å². The Morgan fingerprint density at radius 2 is 2.12 bits per heavy atom. The van der Waals surface area contributed by atoms with Crippen LogP contribution in [0, 0.1) is 6.92 Å². The Bertz CT molecular complexity index is 462. The number of rotatable bonds is 4. The first kappa shape index (κ1) is 11.3. The molecule has 0 radical (unpaired) electrons. The highest BCUT2D eigenvalue weighted by Gasteiger charge is 2.05. The number of nitrogens with one attached hydrogen (secondary N) is 1. The van der Waals surface area contributed by atoms with E-state index in [1.807, 2.05) is 0 Å². The average molecular weight is 232 g/mol. The van der Waals surface area contributed by atoms with E-state index in [1.165, 1.54) is 11.1 Å². The van der Waals surface area contributed by atoms with Crippen molar-refractivity contribution in [3.05, 3.63) is 40.2 Å². The van der Waals surface area contributed by atoms with Crippen molar-refractivity contribution in [3.63, 3.8) is 0 Å². The molecule has 0 amide bonds. The normalized spacial score (nSPS) is 10.6. The Kier molecular flexibility index (Phi) is 3.70. The smallest absolute Gasteiger partial charge is 0.107 e. The second-order valence-electron chi connectivity index (χ2n) is 3.72. The molecule has 16 heavy (non-hydrogen) atoms. The van der Waals surface area contributed by atoms with Gasteiger partial charge in [-0.25, -0.2) is 4.98 Å². The number of benzene rings is 1. The van der Waals surface area contributed by atoms with Crippen molar-refractivity contribution < 1.29 is 0 Å². The molecule has 0 aliphatic heterocycles. The molecule has 0 spiro atoms. The van der Waals surface area contributed by atoms with E-state index in [4.69, 9.17) is 0 Å². The fourth-order valence-electron chi connectivity index (χ4n) is 1.61. The minimum absolute atomic E-state index is 0.868. The van der Waals surface area contributed by atoms with Crippen LogP contribution in [0.5, 0.6) is 0 Å². The molecular formula is C13H16N2S. The second-order valence-corrected chi connectivity index (χ2v) is 4.66. The summed E-state index contributed by atoms with van der Waals surface area (Å²) < 4.78 is 0. The third kappa shape index (κ3) is 2.49. The first-order chi connectivity index (χ1) is 7.81. The first-order valence-electron chi connectivity index (χ1n) is 5.52. The first-order valence-corrected chi connectivity index (χ1v) is 6.40. The molecule has 0 bridgehead atoms. The molecule has 1 heterocycles. The summed E-state index contributed by atoms with van der Waals surface area (Å²) in [6.45, 7) is 6.08. The monoisotopic (exact) mass is 232 g/mol. The highest BCUT2D eigenvalue weighted by atomic mass is 32.1. The van der Waals surface area contributed by atoms with Crippen molar-refractivity contribution >= 4 is 11.3 Å². The fraction of sp³-hybridized carbons (Fsp3) is 0.308. The SMILES string of the molecule is CCNCc1nc(-c2ccccc2C)cs1. The molecule has 0 unspecified atom stereocenters. The summed E-state index contributed by atoms with van der Waals surface area (Å²) in [5.41, 5.74) is 3.61. The topological polar surface area (TPSA) is 24.9 Å². The zero-order valence-electron chi connectivity index (χ0n) is 9.66. The van der Waals surface area contributed by atoms with Gasteiger partial charge in [0, 0.05) is 17.5 Å². The van der Waals surface area contributed by atoms with E-state index in [0.717, 1.165) is 23.8 Å². The molecule has 0 aliphatic carbocycles. The van der Waals surface area contributed by atoms with Gasteiger partial charge in [-0.1, -0.05) is 31.2 Å². The maximum Gasteiger partial charge on any atom is 0.107 e. The largest absolute Gasteiger partial charge is 0.311 e. The molecule has 1 N–H and O–H groups in total. The molecule has 2 nitrogen and oxygen atoms in total. The number of nitrogens with zero attached hydrogens (tertiary/aromatic N) is 1. The Labute approximate surface area is 100 Å². The third-order valence-electron chi connectivity index (χ3n) is 2.50. The highest BCUT2D eigenvalue weighted by molar-refractivity contribution is 7.09. The van der Waals surface area contributed by atoms with Crippen LogP contribution >= 0.6 is 11.3 Å². The summed E-state index contributed by atoms with van der Waals surface area (Å²) in [5.74, 6) is 0. The van der Waals surface area contributed by atoms with Gasteiger partial charge in [0.15, 0.2) is 0 Å². The molecule has 2 aromatic rings. The van der Waals surface area contributed by atoms with Crippen LogP contribution in [0.4, 0.5) is 0 Å². The van der Waals surface area contributed by atoms with Gasteiger partial charge in [-0.2, -0.15) is 0 Å². The Hall–Kier alpha value is -1.19. The summed E-state index contributed by atoms with van der Waals surface area (Å²) in [4.78, 5) is 4.63. The second kappa shape index (κ2) is 5.23. The predicted octanol–water partition coefficient (Wildman–Crippen LogP) is 3.23. The van der Waals surface area contributed by atoms with E-state index in [-0.39, 0.29) is 0 Å². The van der Waals surface area contributed by atoms with Gasteiger partial charge in [-0.15, -0.1) is 11.3 Å². The van der Waals surface area contributed by atoms with Gasteiger partial charge in [0.25, 0.3) is 0 Å². The van der Waals surface area contributed by atoms with Gasteiger partial charge in [-0.3, -0.25) is 0 Å².